The van der Waals surface area contributed by atoms with Gasteiger partial charge in [-0.25, -0.2) is 0 Å². The van der Waals surface area contributed by atoms with E-state index < -0.39 is 0 Å². The molecule has 0 saturated carbocycles. The molecule has 1 aromatic rings. The average molecular weight is 264 g/mol. The quantitative estimate of drug-likeness (QED) is 0.866. The summed E-state index contributed by atoms with van der Waals surface area (Å²) < 4.78 is 0. The molecule has 1 aliphatic heterocycles. The van der Waals surface area contributed by atoms with Crippen molar-refractivity contribution in [2.45, 2.75) is 52.6 Å². The molecule has 0 bridgehead atoms. The van der Waals surface area contributed by atoms with E-state index in [-0.39, 0.29) is 11.9 Å². The van der Waals surface area contributed by atoms with Crippen LogP contribution in [-0.4, -0.2) is 40.1 Å². The van der Waals surface area contributed by atoms with Crippen LogP contribution in [0.5, 0.6) is 0 Å². The summed E-state index contributed by atoms with van der Waals surface area (Å²) in [4.78, 5) is 14.2. The van der Waals surface area contributed by atoms with E-state index in [2.05, 4.69) is 15.5 Å². The molecule has 0 aromatic carbocycles. The van der Waals surface area contributed by atoms with E-state index in [4.69, 9.17) is 0 Å². The Morgan fingerprint density at radius 1 is 1.37 bits per heavy atom. The third kappa shape index (κ3) is 3.35. The molecule has 5 nitrogen and oxygen atoms in total. The molecule has 2 heterocycles. The lowest BCUT2D eigenvalue weighted by atomic mass is 10.1. The predicted octanol–water partition coefficient (Wildman–Crippen LogP) is 1.52. The summed E-state index contributed by atoms with van der Waals surface area (Å²) >= 11 is 0. The topological polar surface area (TPSA) is 61.0 Å². The summed E-state index contributed by atoms with van der Waals surface area (Å²) in [6, 6.07) is -0.133. The number of nitrogens with zero attached hydrogens (tertiary/aromatic N) is 2. The van der Waals surface area contributed by atoms with Crippen molar-refractivity contribution in [1.29, 1.82) is 0 Å². The standard InChI is InChI=1S/C14H24N4O/c1-10-13(11(2)17-16-10)9-15-12(3)14(19)18-7-5-4-6-8-18/h12,15H,4-9H2,1-3H3,(H,16,17). The van der Waals surface area contributed by atoms with Gasteiger partial charge in [0.25, 0.3) is 0 Å². The third-order valence-electron chi connectivity index (χ3n) is 3.90. The molecule has 1 atom stereocenters. The van der Waals surface area contributed by atoms with Crippen molar-refractivity contribution in [3.05, 3.63) is 17.0 Å². The zero-order chi connectivity index (χ0) is 13.8. The lowest BCUT2D eigenvalue weighted by molar-refractivity contribution is -0.133. The summed E-state index contributed by atoms with van der Waals surface area (Å²) in [6.07, 6.45) is 3.52. The van der Waals surface area contributed by atoms with Gasteiger partial charge in [0.1, 0.15) is 0 Å². The second kappa shape index (κ2) is 6.19. The average Bonchev–Trinajstić information content (AvgIpc) is 2.75. The van der Waals surface area contributed by atoms with Gasteiger partial charge in [-0.15, -0.1) is 0 Å². The fraction of sp³-hybridized carbons (Fsp3) is 0.714. The Bertz CT molecular complexity index is 415. The highest BCUT2D eigenvalue weighted by Gasteiger charge is 2.22. The number of rotatable bonds is 4. The number of hydrogen-bond donors (Lipinski definition) is 2. The Labute approximate surface area is 114 Å². The van der Waals surface area contributed by atoms with Crippen molar-refractivity contribution < 1.29 is 4.79 Å². The highest BCUT2D eigenvalue weighted by Crippen LogP contribution is 2.12. The van der Waals surface area contributed by atoms with Gasteiger partial charge in [-0.05, 0) is 40.0 Å². The predicted molar refractivity (Wildman–Crippen MR) is 74.8 cm³/mol. The molecular weight excluding hydrogens is 240 g/mol. The van der Waals surface area contributed by atoms with Crippen LogP contribution < -0.4 is 5.32 Å². The zero-order valence-corrected chi connectivity index (χ0v) is 12.1. The van der Waals surface area contributed by atoms with Gasteiger partial charge in [-0.3, -0.25) is 9.89 Å². The van der Waals surface area contributed by atoms with Crippen molar-refractivity contribution >= 4 is 5.91 Å². The minimum Gasteiger partial charge on any atom is -0.341 e. The molecule has 2 N–H and O–H groups in total. The summed E-state index contributed by atoms with van der Waals surface area (Å²) in [7, 11) is 0. The fourth-order valence-corrected chi connectivity index (χ4v) is 2.57. The molecule has 19 heavy (non-hydrogen) atoms. The molecular formula is C14H24N4O. The number of aromatic nitrogens is 2. The summed E-state index contributed by atoms with van der Waals surface area (Å²) in [5.74, 6) is 0.221. The fourth-order valence-electron chi connectivity index (χ4n) is 2.57. The minimum absolute atomic E-state index is 0.133. The molecule has 1 saturated heterocycles. The number of carbonyl (C=O) groups is 1. The number of carbonyl (C=O) groups excluding carboxylic acids is 1. The summed E-state index contributed by atoms with van der Waals surface area (Å²) in [5.41, 5.74) is 3.24. The van der Waals surface area contributed by atoms with Crippen molar-refractivity contribution in [2.75, 3.05) is 13.1 Å². The van der Waals surface area contributed by atoms with Crippen LogP contribution in [0.1, 0.15) is 43.1 Å². The number of H-pyrrole nitrogens is 1. The van der Waals surface area contributed by atoms with E-state index in [1.165, 1.54) is 12.0 Å². The second-order valence-electron chi connectivity index (χ2n) is 5.40. The molecule has 1 aromatic heterocycles. The first-order valence-corrected chi connectivity index (χ1v) is 7.12. The lowest BCUT2D eigenvalue weighted by Crippen LogP contribution is -2.46. The van der Waals surface area contributed by atoms with Crippen molar-refractivity contribution in [3.63, 3.8) is 0 Å². The van der Waals surface area contributed by atoms with Crippen LogP contribution >= 0.6 is 0 Å². The molecule has 0 aliphatic carbocycles. The van der Waals surface area contributed by atoms with Gasteiger partial charge in [0.2, 0.25) is 5.91 Å². The van der Waals surface area contributed by atoms with E-state index in [9.17, 15) is 4.79 Å². The van der Waals surface area contributed by atoms with Crippen LogP contribution in [0, 0.1) is 13.8 Å². The van der Waals surface area contributed by atoms with Crippen molar-refractivity contribution in [3.8, 4) is 0 Å². The number of aromatic amines is 1. The molecule has 0 spiro atoms. The zero-order valence-electron chi connectivity index (χ0n) is 12.1. The lowest BCUT2D eigenvalue weighted by Gasteiger charge is -2.29. The van der Waals surface area contributed by atoms with Gasteiger partial charge in [0.15, 0.2) is 0 Å². The second-order valence-corrected chi connectivity index (χ2v) is 5.40. The Balaban J connectivity index is 1.87. The maximum atomic E-state index is 12.3. The molecule has 5 heteroatoms. The van der Waals surface area contributed by atoms with E-state index in [1.54, 1.807) is 0 Å². The molecule has 106 valence electrons. The Hall–Kier alpha value is -1.36. The first kappa shape index (κ1) is 14.1. The van der Waals surface area contributed by atoms with Crippen LogP contribution in [0.3, 0.4) is 0 Å². The Kier molecular flexibility index (Phi) is 4.58. The smallest absolute Gasteiger partial charge is 0.239 e. The van der Waals surface area contributed by atoms with E-state index in [0.717, 1.165) is 37.3 Å². The largest absolute Gasteiger partial charge is 0.341 e. The minimum atomic E-state index is -0.133. The highest BCUT2D eigenvalue weighted by atomic mass is 16.2. The number of likely N-dealkylation sites (tertiary alicyclic amines) is 1. The molecule has 1 aliphatic rings. The van der Waals surface area contributed by atoms with E-state index in [1.807, 2.05) is 25.7 Å². The molecule has 0 radical (unpaired) electrons. The highest BCUT2D eigenvalue weighted by molar-refractivity contribution is 5.81. The van der Waals surface area contributed by atoms with Crippen LogP contribution in [0.2, 0.25) is 0 Å². The number of piperidine rings is 1. The third-order valence-corrected chi connectivity index (χ3v) is 3.90. The van der Waals surface area contributed by atoms with Crippen LogP contribution in [-0.2, 0) is 11.3 Å². The molecule has 1 unspecified atom stereocenters. The van der Waals surface area contributed by atoms with Gasteiger partial charge >= 0.3 is 0 Å². The molecule has 1 amide bonds. The SMILES string of the molecule is Cc1n[nH]c(C)c1CNC(C)C(=O)N1CCCCC1. The van der Waals surface area contributed by atoms with Gasteiger partial charge in [0, 0.05) is 30.9 Å². The normalized spacial score (nSPS) is 17.5. The maximum absolute atomic E-state index is 12.3. The first-order chi connectivity index (χ1) is 9.09. The summed E-state index contributed by atoms with van der Waals surface area (Å²) in [6.45, 7) is 8.45. The number of aryl methyl sites for hydroxylation is 2. The van der Waals surface area contributed by atoms with Crippen molar-refractivity contribution in [1.82, 2.24) is 20.4 Å². The van der Waals surface area contributed by atoms with Gasteiger partial charge in [-0.2, -0.15) is 5.10 Å². The number of amides is 1. The molecule has 2 rings (SSSR count). The van der Waals surface area contributed by atoms with Gasteiger partial charge in [0.05, 0.1) is 11.7 Å². The summed E-state index contributed by atoms with van der Waals surface area (Å²) in [5, 5.41) is 10.4. The van der Waals surface area contributed by atoms with Gasteiger partial charge < -0.3 is 10.2 Å². The maximum Gasteiger partial charge on any atom is 0.239 e. The number of hydrogen-bond acceptors (Lipinski definition) is 3. The van der Waals surface area contributed by atoms with Crippen LogP contribution in [0.15, 0.2) is 0 Å². The monoisotopic (exact) mass is 264 g/mol. The van der Waals surface area contributed by atoms with Crippen LogP contribution in [0.25, 0.3) is 0 Å². The van der Waals surface area contributed by atoms with Crippen LogP contribution in [0.4, 0.5) is 0 Å². The van der Waals surface area contributed by atoms with E-state index >= 15 is 0 Å². The number of nitrogens with one attached hydrogen (secondary N) is 2. The van der Waals surface area contributed by atoms with Crippen molar-refractivity contribution in [2.24, 2.45) is 0 Å². The Morgan fingerprint density at radius 3 is 2.63 bits per heavy atom. The first-order valence-electron chi connectivity index (χ1n) is 7.12. The molecule has 1 fully saturated rings. The van der Waals surface area contributed by atoms with E-state index in [0.29, 0.717) is 6.54 Å². The van der Waals surface area contributed by atoms with Gasteiger partial charge in [-0.1, -0.05) is 0 Å². The Morgan fingerprint density at radius 2 is 2.05 bits per heavy atom.